The fourth-order valence-electron chi connectivity index (χ4n) is 5.76. The average molecular weight is 487 g/mol. The van der Waals surface area contributed by atoms with Crippen LogP contribution in [0.4, 0.5) is 11.4 Å². The molecule has 1 fully saturated rings. The number of halogens is 1. The summed E-state index contributed by atoms with van der Waals surface area (Å²) >= 11 is 8.85. The van der Waals surface area contributed by atoms with Crippen molar-refractivity contribution in [1.82, 2.24) is 0 Å². The maximum Gasteiger partial charge on any atom is 0.282 e. The summed E-state index contributed by atoms with van der Waals surface area (Å²) in [5.74, 6) is 0.429. The summed E-state index contributed by atoms with van der Waals surface area (Å²) in [5, 5.41) is 17.8. The third-order valence-corrected chi connectivity index (χ3v) is 9.32. The van der Waals surface area contributed by atoms with Crippen LogP contribution in [0.1, 0.15) is 29.5 Å². The van der Waals surface area contributed by atoms with E-state index in [-0.39, 0.29) is 39.1 Å². The van der Waals surface area contributed by atoms with Crippen LogP contribution in [0.2, 0.25) is 0 Å². The number of hydrogen-bond acceptors (Lipinski definition) is 4. The lowest BCUT2D eigenvalue weighted by atomic mass is 9.75. The SMILES string of the molecule is O=[N+]([O-])c1ccccc1S[C@@H]1C[C@@H]2[C@H](c3c(ccc4ccccc34)N[C@@H]2c2ccccc2)[C@@H]1Cl. The summed E-state index contributed by atoms with van der Waals surface area (Å²) < 4.78 is 0. The molecule has 2 aliphatic rings. The molecular weight excluding hydrogens is 464 g/mol. The number of nitrogens with one attached hydrogen (secondary N) is 1. The van der Waals surface area contributed by atoms with Gasteiger partial charge in [0.2, 0.25) is 0 Å². The van der Waals surface area contributed by atoms with E-state index in [0.29, 0.717) is 4.90 Å². The minimum absolute atomic E-state index is 0.0655. The largest absolute Gasteiger partial charge is 0.378 e. The van der Waals surface area contributed by atoms with Gasteiger partial charge < -0.3 is 5.32 Å². The number of hydrogen-bond donors (Lipinski definition) is 1. The van der Waals surface area contributed by atoms with Crippen LogP contribution in [0.3, 0.4) is 0 Å². The smallest absolute Gasteiger partial charge is 0.282 e. The molecule has 1 saturated carbocycles. The molecule has 0 saturated heterocycles. The molecule has 0 unspecified atom stereocenters. The number of anilines is 1. The maximum atomic E-state index is 11.6. The number of nitrogens with zero attached hydrogens (tertiary/aromatic N) is 1. The van der Waals surface area contributed by atoms with E-state index >= 15 is 0 Å². The first-order chi connectivity index (χ1) is 16.6. The highest BCUT2D eigenvalue weighted by molar-refractivity contribution is 8.00. The first-order valence-electron chi connectivity index (χ1n) is 11.5. The van der Waals surface area contributed by atoms with E-state index in [2.05, 4.69) is 66.0 Å². The summed E-state index contributed by atoms with van der Waals surface area (Å²) in [6.45, 7) is 0. The van der Waals surface area contributed by atoms with Crippen LogP contribution in [0.25, 0.3) is 10.8 Å². The number of nitro groups is 1. The number of thioether (sulfide) groups is 1. The summed E-state index contributed by atoms with van der Waals surface area (Å²) in [7, 11) is 0. The van der Waals surface area contributed by atoms with Crippen molar-refractivity contribution in [3.63, 3.8) is 0 Å². The number of alkyl halides is 1. The molecule has 0 bridgehead atoms. The van der Waals surface area contributed by atoms with Crippen LogP contribution in [0, 0.1) is 16.0 Å². The van der Waals surface area contributed by atoms with Crippen LogP contribution in [-0.4, -0.2) is 15.6 Å². The fraction of sp³-hybridized carbons (Fsp3) is 0.214. The Labute approximate surface area is 207 Å². The second-order valence-corrected chi connectivity index (χ2v) is 10.8. The predicted octanol–water partition coefficient (Wildman–Crippen LogP) is 7.79. The highest BCUT2D eigenvalue weighted by atomic mass is 35.5. The zero-order valence-electron chi connectivity index (χ0n) is 18.3. The molecule has 6 rings (SSSR count). The van der Waals surface area contributed by atoms with Gasteiger partial charge in [0.1, 0.15) is 0 Å². The van der Waals surface area contributed by atoms with E-state index in [1.807, 2.05) is 18.2 Å². The molecule has 34 heavy (non-hydrogen) atoms. The van der Waals surface area contributed by atoms with Gasteiger partial charge >= 0.3 is 0 Å². The zero-order valence-corrected chi connectivity index (χ0v) is 19.9. The molecule has 1 N–H and O–H groups in total. The lowest BCUT2D eigenvalue weighted by Gasteiger charge is -2.39. The molecule has 4 nitrogen and oxygen atoms in total. The summed E-state index contributed by atoms with van der Waals surface area (Å²) in [6, 6.07) is 30.5. The van der Waals surface area contributed by atoms with E-state index in [4.69, 9.17) is 11.6 Å². The normalized spacial score (nSPS) is 25.4. The van der Waals surface area contributed by atoms with Crippen molar-refractivity contribution < 1.29 is 4.92 Å². The summed E-state index contributed by atoms with van der Waals surface area (Å²) in [6.07, 6.45) is 0.880. The summed E-state index contributed by atoms with van der Waals surface area (Å²) in [4.78, 5) is 12.0. The van der Waals surface area contributed by atoms with Crippen molar-refractivity contribution in [2.75, 3.05) is 5.32 Å². The van der Waals surface area contributed by atoms with Gasteiger partial charge in [0.05, 0.1) is 21.2 Å². The van der Waals surface area contributed by atoms with Gasteiger partial charge in [-0.25, -0.2) is 0 Å². The Hall–Kier alpha value is -3.02. The lowest BCUT2D eigenvalue weighted by molar-refractivity contribution is -0.387. The quantitative estimate of drug-likeness (QED) is 0.182. The number of fused-ring (bicyclic) bond motifs is 5. The molecule has 0 amide bonds. The molecule has 0 aromatic heterocycles. The molecule has 1 aliphatic carbocycles. The van der Waals surface area contributed by atoms with E-state index in [1.165, 1.54) is 21.9 Å². The van der Waals surface area contributed by atoms with Crippen molar-refractivity contribution in [3.05, 3.63) is 112 Å². The van der Waals surface area contributed by atoms with Gasteiger partial charge in [-0.2, -0.15) is 0 Å². The van der Waals surface area contributed by atoms with Crippen molar-refractivity contribution in [2.45, 2.75) is 33.9 Å². The van der Waals surface area contributed by atoms with Crippen LogP contribution < -0.4 is 5.32 Å². The number of benzene rings is 4. The molecule has 0 radical (unpaired) electrons. The standard InChI is InChI=1S/C28H23ClN2O2S/c29-27-24(34-23-13-7-6-12-22(23)31(32)33)16-20-26(27)25-19-11-5-4-8-17(19)14-15-21(25)30-28(20)18-9-2-1-3-10-18/h1-15,20,24,26-28,30H,16H2/t20-,24-,26-,27-,28-/m1/s1. The topological polar surface area (TPSA) is 55.2 Å². The molecule has 1 aliphatic heterocycles. The number of para-hydroxylation sites is 1. The highest BCUT2D eigenvalue weighted by Gasteiger charge is 2.50. The fourth-order valence-corrected chi connectivity index (χ4v) is 7.69. The average Bonchev–Trinajstić information content (AvgIpc) is 3.19. The first-order valence-corrected chi connectivity index (χ1v) is 12.8. The van der Waals surface area contributed by atoms with Gasteiger partial charge in [0.15, 0.2) is 0 Å². The minimum atomic E-state index is -0.301. The van der Waals surface area contributed by atoms with Gasteiger partial charge in [0, 0.05) is 22.9 Å². The molecule has 0 spiro atoms. The van der Waals surface area contributed by atoms with Crippen LogP contribution in [0.15, 0.2) is 95.9 Å². The molecule has 4 aromatic rings. The Morgan fingerprint density at radius 1 is 0.912 bits per heavy atom. The van der Waals surface area contributed by atoms with Gasteiger partial charge in [-0.15, -0.1) is 23.4 Å². The Balaban J connectivity index is 1.46. The molecule has 5 atom stereocenters. The van der Waals surface area contributed by atoms with Crippen LogP contribution in [0.5, 0.6) is 0 Å². The highest BCUT2D eigenvalue weighted by Crippen LogP contribution is 2.59. The van der Waals surface area contributed by atoms with Crippen LogP contribution in [-0.2, 0) is 0 Å². The zero-order chi connectivity index (χ0) is 23.2. The van der Waals surface area contributed by atoms with Crippen molar-refractivity contribution in [2.24, 2.45) is 5.92 Å². The molecule has 4 aromatic carbocycles. The van der Waals surface area contributed by atoms with Gasteiger partial charge in [-0.1, -0.05) is 72.8 Å². The Morgan fingerprint density at radius 2 is 1.65 bits per heavy atom. The Kier molecular flexibility index (Phi) is 5.47. The Morgan fingerprint density at radius 3 is 2.47 bits per heavy atom. The van der Waals surface area contributed by atoms with Gasteiger partial charge in [0.25, 0.3) is 5.69 Å². The van der Waals surface area contributed by atoms with Crippen LogP contribution >= 0.6 is 23.4 Å². The first kappa shape index (κ1) is 21.5. The maximum absolute atomic E-state index is 11.6. The third-order valence-electron chi connectivity index (χ3n) is 7.21. The number of nitro benzene ring substituents is 1. The van der Waals surface area contributed by atoms with Crippen molar-refractivity contribution in [1.29, 1.82) is 0 Å². The minimum Gasteiger partial charge on any atom is -0.378 e. The van der Waals surface area contributed by atoms with Gasteiger partial charge in [-0.05, 0) is 46.4 Å². The molecule has 1 heterocycles. The molecule has 6 heteroatoms. The second kappa shape index (κ2) is 8.64. The van der Waals surface area contributed by atoms with E-state index in [0.717, 1.165) is 12.1 Å². The third kappa shape index (κ3) is 3.55. The monoisotopic (exact) mass is 486 g/mol. The van der Waals surface area contributed by atoms with Gasteiger partial charge in [-0.3, -0.25) is 10.1 Å². The second-order valence-electron chi connectivity index (χ2n) is 9.03. The molecular formula is C28H23ClN2O2S. The molecule has 170 valence electrons. The Bertz CT molecular complexity index is 1380. The number of rotatable bonds is 4. The predicted molar refractivity (Wildman–Crippen MR) is 140 cm³/mol. The summed E-state index contributed by atoms with van der Waals surface area (Å²) in [5.41, 5.74) is 3.81. The lowest BCUT2D eigenvalue weighted by Crippen LogP contribution is -2.31. The van der Waals surface area contributed by atoms with Crippen molar-refractivity contribution >= 4 is 45.5 Å². The van der Waals surface area contributed by atoms with E-state index in [9.17, 15) is 10.1 Å². The van der Waals surface area contributed by atoms with Crippen molar-refractivity contribution in [3.8, 4) is 0 Å². The van der Waals surface area contributed by atoms with E-state index in [1.54, 1.807) is 23.9 Å². The van der Waals surface area contributed by atoms with E-state index < -0.39 is 0 Å².